The molecule has 1 saturated heterocycles. The Bertz CT molecular complexity index is 884. The van der Waals surface area contributed by atoms with Crippen LogP contribution in [0.15, 0.2) is 42.5 Å². The lowest BCUT2D eigenvalue weighted by Crippen LogP contribution is -2.35. The maximum atomic E-state index is 13.0. The van der Waals surface area contributed by atoms with Gasteiger partial charge in [-0.3, -0.25) is 9.59 Å². The van der Waals surface area contributed by atoms with Crippen molar-refractivity contribution in [1.82, 2.24) is 0 Å². The number of halogens is 4. The summed E-state index contributed by atoms with van der Waals surface area (Å²) < 4.78 is 44.2. The van der Waals surface area contributed by atoms with Crippen LogP contribution in [0.3, 0.4) is 0 Å². The average molecular weight is 399 g/mol. The summed E-state index contributed by atoms with van der Waals surface area (Å²) in [6, 6.07) is 8.75. The van der Waals surface area contributed by atoms with Crippen LogP contribution in [0.2, 0.25) is 5.02 Å². The number of methoxy groups -OCH3 is 1. The highest BCUT2D eigenvalue weighted by Gasteiger charge is 2.41. The molecule has 27 heavy (non-hydrogen) atoms. The van der Waals surface area contributed by atoms with Gasteiger partial charge in [0.1, 0.15) is 11.8 Å². The highest BCUT2D eigenvalue weighted by Crippen LogP contribution is 2.38. The first-order valence-electron chi connectivity index (χ1n) is 7.85. The Morgan fingerprint density at radius 1 is 1.15 bits per heavy atom. The van der Waals surface area contributed by atoms with E-state index in [1.165, 1.54) is 13.2 Å². The molecular weight excluding hydrogens is 385 g/mol. The van der Waals surface area contributed by atoms with Crippen molar-refractivity contribution in [3.8, 4) is 5.75 Å². The molecule has 0 saturated carbocycles. The average Bonchev–Trinajstić information content (AvgIpc) is 2.89. The molecular formula is C18H14ClF3N2O3. The first-order valence-corrected chi connectivity index (χ1v) is 8.22. The van der Waals surface area contributed by atoms with Crippen molar-refractivity contribution in [2.75, 3.05) is 17.3 Å². The molecule has 2 aromatic rings. The molecule has 0 bridgehead atoms. The molecule has 0 unspecified atom stereocenters. The van der Waals surface area contributed by atoms with Gasteiger partial charge in [-0.25, -0.2) is 4.90 Å². The van der Waals surface area contributed by atoms with Gasteiger partial charge in [-0.2, -0.15) is 13.2 Å². The van der Waals surface area contributed by atoms with E-state index in [0.717, 1.165) is 11.0 Å². The van der Waals surface area contributed by atoms with Crippen LogP contribution in [-0.2, 0) is 15.8 Å². The molecule has 3 rings (SSSR count). The number of benzene rings is 2. The van der Waals surface area contributed by atoms with Crippen molar-refractivity contribution < 1.29 is 27.5 Å². The van der Waals surface area contributed by atoms with E-state index in [2.05, 4.69) is 5.32 Å². The Balaban J connectivity index is 1.84. The fourth-order valence-corrected chi connectivity index (χ4v) is 3.00. The van der Waals surface area contributed by atoms with Crippen LogP contribution in [-0.4, -0.2) is 25.0 Å². The first-order chi connectivity index (χ1) is 12.7. The smallest absolute Gasteiger partial charge is 0.417 e. The molecule has 1 atom stereocenters. The summed E-state index contributed by atoms with van der Waals surface area (Å²) in [6.45, 7) is 0. The molecule has 142 valence electrons. The number of imide groups is 1. The summed E-state index contributed by atoms with van der Waals surface area (Å²) in [5, 5.41) is 2.41. The van der Waals surface area contributed by atoms with Gasteiger partial charge in [0.2, 0.25) is 5.91 Å². The number of alkyl halides is 3. The van der Waals surface area contributed by atoms with Gasteiger partial charge < -0.3 is 10.1 Å². The van der Waals surface area contributed by atoms with E-state index in [0.29, 0.717) is 17.5 Å². The van der Waals surface area contributed by atoms with E-state index in [-0.39, 0.29) is 12.1 Å². The lowest BCUT2D eigenvalue weighted by molar-refractivity contribution is -0.137. The largest absolute Gasteiger partial charge is 0.497 e. The minimum atomic E-state index is -4.69. The number of ether oxygens (including phenoxy) is 1. The zero-order valence-corrected chi connectivity index (χ0v) is 14.8. The van der Waals surface area contributed by atoms with Crippen molar-refractivity contribution >= 4 is 34.8 Å². The van der Waals surface area contributed by atoms with Gasteiger partial charge in [0.15, 0.2) is 0 Å². The standard InChI is InChI=1S/C18H14ClF3N2O3/c1-27-12-5-2-10(3-6-12)23-15-9-16(25)24(17(15)26)11-4-7-14(19)13(8-11)18(20,21)22/h2-8,15,23H,9H2,1H3/t15-/m1/s1. The maximum absolute atomic E-state index is 13.0. The maximum Gasteiger partial charge on any atom is 0.417 e. The van der Waals surface area contributed by atoms with E-state index in [1.54, 1.807) is 24.3 Å². The molecule has 5 nitrogen and oxygen atoms in total. The molecule has 0 aliphatic carbocycles. The zero-order valence-electron chi connectivity index (χ0n) is 14.0. The number of rotatable bonds is 4. The van der Waals surface area contributed by atoms with Crippen molar-refractivity contribution in [2.45, 2.75) is 18.6 Å². The third-order valence-corrected chi connectivity index (χ3v) is 4.42. The van der Waals surface area contributed by atoms with Crippen LogP contribution in [0.4, 0.5) is 24.5 Å². The Kier molecular flexibility index (Phi) is 5.01. The van der Waals surface area contributed by atoms with E-state index in [4.69, 9.17) is 16.3 Å². The summed E-state index contributed by atoms with van der Waals surface area (Å²) in [6.07, 6.45) is -4.87. The minimum Gasteiger partial charge on any atom is -0.497 e. The van der Waals surface area contributed by atoms with Gasteiger partial charge in [-0.1, -0.05) is 11.6 Å². The molecule has 1 N–H and O–H groups in total. The van der Waals surface area contributed by atoms with Crippen molar-refractivity contribution in [2.24, 2.45) is 0 Å². The van der Waals surface area contributed by atoms with E-state index >= 15 is 0 Å². The van der Waals surface area contributed by atoms with Gasteiger partial charge in [0.25, 0.3) is 5.91 Å². The number of carbonyl (C=O) groups excluding carboxylic acids is 2. The Morgan fingerprint density at radius 2 is 1.81 bits per heavy atom. The summed E-state index contributed by atoms with van der Waals surface area (Å²) in [7, 11) is 1.51. The van der Waals surface area contributed by atoms with Gasteiger partial charge in [0, 0.05) is 5.69 Å². The molecule has 2 aromatic carbocycles. The number of nitrogens with one attached hydrogen (secondary N) is 1. The van der Waals surface area contributed by atoms with Crippen molar-refractivity contribution in [1.29, 1.82) is 0 Å². The number of carbonyl (C=O) groups is 2. The van der Waals surface area contributed by atoms with Crippen LogP contribution in [0.25, 0.3) is 0 Å². The topological polar surface area (TPSA) is 58.6 Å². The Labute approximate surface area is 157 Å². The van der Waals surface area contributed by atoms with Crippen LogP contribution in [0, 0.1) is 0 Å². The van der Waals surface area contributed by atoms with Gasteiger partial charge in [-0.05, 0) is 42.5 Å². The predicted octanol–water partition coefficient (Wildman–Crippen LogP) is 4.11. The third-order valence-electron chi connectivity index (χ3n) is 4.09. The normalized spacial score (nSPS) is 17.4. The monoisotopic (exact) mass is 398 g/mol. The minimum absolute atomic E-state index is 0.166. The molecule has 9 heteroatoms. The second-order valence-corrected chi connectivity index (χ2v) is 6.27. The second-order valence-electron chi connectivity index (χ2n) is 5.86. The van der Waals surface area contributed by atoms with Crippen molar-refractivity contribution in [3.63, 3.8) is 0 Å². The lowest BCUT2D eigenvalue weighted by atomic mass is 10.1. The van der Waals surface area contributed by atoms with E-state index < -0.39 is 34.6 Å². The molecule has 0 spiro atoms. The molecule has 1 aliphatic heterocycles. The molecule has 0 aromatic heterocycles. The highest BCUT2D eigenvalue weighted by atomic mass is 35.5. The summed E-state index contributed by atoms with van der Waals surface area (Å²) in [5.41, 5.74) is -0.689. The molecule has 2 amide bonds. The van der Waals surface area contributed by atoms with Crippen LogP contribution >= 0.6 is 11.6 Å². The quantitative estimate of drug-likeness (QED) is 0.787. The number of amides is 2. The lowest BCUT2D eigenvalue weighted by Gasteiger charge is -2.18. The van der Waals surface area contributed by atoms with Gasteiger partial charge in [-0.15, -0.1) is 0 Å². The highest BCUT2D eigenvalue weighted by molar-refractivity contribution is 6.31. The van der Waals surface area contributed by atoms with Crippen molar-refractivity contribution in [3.05, 3.63) is 53.1 Å². The van der Waals surface area contributed by atoms with Crippen LogP contribution in [0.5, 0.6) is 5.75 Å². The Morgan fingerprint density at radius 3 is 2.41 bits per heavy atom. The molecule has 1 aliphatic rings. The van der Waals surface area contributed by atoms with Gasteiger partial charge in [0.05, 0.1) is 29.8 Å². The van der Waals surface area contributed by atoms with Crippen LogP contribution < -0.4 is 15.0 Å². The number of nitrogens with zero attached hydrogens (tertiary/aromatic N) is 1. The zero-order chi connectivity index (χ0) is 19.8. The number of hydrogen-bond donors (Lipinski definition) is 1. The number of hydrogen-bond acceptors (Lipinski definition) is 4. The van der Waals surface area contributed by atoms with Crippen LogP contribution in [0.1, 0.15) is 12.0 Å². The predicted molar refractivity (Wildman–Crippen MR) is 94.0 cm³/mol. The summed E-state index contributed by atoms with van der Waals surface area (Å²) in [4.78, 5) is 25.6. The van der Waals surface area contributed by atoms with Gasteiger partial charge >= 0.3 is 6.18 Å². The third kappa shape index (κ3) is 3.85. The fraction of sp³-hybridized carbons (Fsp3) is 0.222. The Hall–Kier alpha value is -2.74. The summed E-state index contributed by atoms with van der Waals surface area (Å²) >= 11 is 5.59. The SMILES string of the molecule is COc1ccc(N[C@@H]2CC(=O)N(c3ccc(Cl)c(C(F)(F)F)c3)C2=O)cc1. The van der Waals surface area contributed by atoms with E-state index in [9.17, 15) is 22.8 Å². The second kappa shape index (κ2) is 7.11. The number of anilines is 2. The van der Waals surface area contributed by atoms with E-state index in [1.807, 2.05) is 0 Å². The molecule has 1 fully saturated rings. The first kappa shape index (κ1) is 19.0. The summed E-state index contributed by atoms with van der Waals surface area (Å²) in [5.74, 6) is -0.607. The molecule has 1 heterocycles. The molecule has 0 radical (unpaired) electrons. The fourth-order valence-electron chi connectivity index (χ4n) is 2.77.